The average Bonchev–Trinajstić information content (AvgIpc) is 3.09. The highest BCUT2D eigenvalue weighted by atomic mass is 35.5. The Bertz CT molecular complexity index is 1510. The SMILES string of the molecule is CCOC(=O)C1CCN(C(=O)CN2CCN(CCC(/C(COCc3cc(C(F)(F)F)cc(C(F)(F)F)c3)=N/OC)c3ccc(Cl)c(Cl)c3)CC2)CC1. The largest absolute Gasteiger partial charge is 0.466 e. The summed E-state index contributed by atoms with van der Waals surface area (Å²) in [5.41, 5.74) is -2.10. The fourth-order valence-corrected chi connectivity index (χ4v) is 6.64. The van der Waals surface area contributed by atoms with Crippen molar-refractivity contribution in [1.29, 1.82) is 0 Å². The molecule has 0 N–H and O–H groups in total. The summed E-state index contributed by atoms with van der Waals surface area (Å²) in [5, 5.41) is 4.74. The van der Waals surface area contributed by atoms with Gasteiger partial charge in [-0.3, -0.25) is 14.5 Å². The van der Waals surface area contributed by atoms with Crippen molar-refractivity contribution >= 4 is 40.8 Å². The minimum Gasteiger partial charge on any atom is -0.466 e. The first-order valence-electron chi connectivity index (χ1n) is 16.9. The zero-order valence-corrected chi connectivity index (χ0v) is 30.4. The van der Waals surface area contributed by atoms with Crippen LogP contribution in [-0.4, -0.2) is 105 Å². The van der Waals surface area contributed by atoms with Crippen LogP contribution in [0.2, 0.25) is 10.0 Å². The summed E-state index contributed by atoms with van der Waals surface area (Å²) in [6.45, 7) is 5.85. The van der Waals surface area contributed by atoms with E-state index in [4.69, 9.17) is 37.5 Å². The summed E-state index contributed by atoms with van der Waals surface area (Å²) in [5.74, 6) is -0.823. The number of rotatable bonds is 14. The first-order valence-corrected chi connectivity index (χ1v) is 17.6. The van der Waals surface area contributed by atoms with Crippen LogP contribution in [0.4, 0.5) is 26.3 Å². The van der Waals surface area contributed by atoms with Gasteiger partial charge in [-0.15, -0.1) is 0 Å². The van der Waals surface area contributed by atoms with E-state index in [-0.39, 0.29) is 47.6 Å². The van der Waals surface area contributed by atoms with Crippen molar-refractivity contribution < 1.29 is 50.2 Å². The van der Waals surface area contributed by atoms with Crippen molar-refractivity contribution in [1.82, 2.24) is 14.7 Å². The predicted molar refractivity (Wildman–Crippen MR) is 183 cm³/mol. The van der Waals surface area contributed by atoms with E-state index in [0.717, 1.165) is 0 Å². The number of oxime groups is 1. The minimum absolute atomic E-state index is 0.0237. The van der Waals surface area contributed by atoms with E-state index in [0.29, 0.717) is 100 Å². The number of nitrogens with zero attached hydrogens (tertiary/aromatic N) is 4. The monoisotopic (exact) mass is 782 g/mol. The molecule has 2 aliphatic rings. The fraction of sp³-hybridized carbons (Fsp3) is 0.571. The summed E-state index contributed by atoms with van der Waals surface area (Å²) in [4.78, 5) is 36.2. The standard InChI is InChI=1S/C35H42Cl2F6N4O5/c1-3-52-33(49)24-6-10-47(11-7-24)32(48)20-46-14-12-45(13-15-46)9-8-28(25-4-5-29(36)30(37)18-25)31(44-50-2)22-51-21-23-16-26(34(38,39)40)19-27(17-23)35(41,42)43/h4-5,16-19,24,28H,3,6-15,20-22H2,1-2H3/b44-31+. The number of hydrogen-bond acceptors (Lipinski definition) is 8. The van der Waals surface area contributed by atoms with E-state index in [1.54, 1.807) is 30.0 Å². The molecule has 0 saturated carbocycles. The second kappa shape index (κ2) is 18.8. The molecule has 2 fully saturated rings. The van der Waals surface area contributed by atoms with E-state index in [9.17, 15) is 35.9 Å². The highest BCUT2D eigenvalue weighted by Crippen LogP contribution is 2.37. The summed E-state index contributed by atoms with van der Waals surface area (Å²) < 4.78 is 91.1. The second-order valence-corrected chi connectivity index (χ2v) is 13.5. The van der Waals surface area contributed by atoms with Crippen molar-refractivity contribution in [3.05, 3.63) is 68.7 Å². The van der Waals surface area contributed by atoms with Crippen molar-refractivity contribution in [2.45, 2.75) is 51.1 Å². The Balaban J connectivity index is 1.37. The molecular weight excluding hydrogens is 741 g/mol. The number of esters is 1. The lowest BCUT2D eigenvalue weighted by Gasteiger charge is -2.37. The molecule has 17 heteroatoms. The van der Waals surface area contributed by atoms with Gasteiger partial charge in [-0.05, 0) is 74.2 Å². The van der Waals surface area contributed by atoms with Crippen molar-refractivity contribution in [2.24, 2.45) is 11.1 Å². The van der Waals surface area contributed by atoms with Gasteiger partial charge < -0.3 is 24.1 Å². The van der Waals surface area contributed by atoms with Gasteiger partial charge in [-0.2, -0.15) is 26.3 Å². The maximum atomic E-state index is 13.4. The number of carbonyl (C=O) groups is 2. The molecule has 0 aliphatic carbocycles. The molecule has 1 amide bonds. The number of benzene rings is 2. The molecule has 52 heavy (non-hydrogen) atoms. The summed E-state index contributed by atoms with van der Waals surface area (Å²) in [6.07, 6.45) is -8.31. The van der Waals surface area contributed by atoms with Gasteiger partial charge >= 0.3 is 18.3 Å². The highest BCUT2D eigenvalue weighted by Gasteiger charge is 2.37. The number of ether oxygens (including phenoxy) is 2. The van der Waals surface area contributed by atoms with E-state index in [1.807, 2.05) is 0 Å². The molecule has 0 bridgehead atoms. The number of carbonyl (C=O) groups excluding carboxylic acids is 2. The van der Waals surface area contributed by atoms with Crippen LogP contribution >= 0.6 is 23.2 Å². The van der Waals surface area contributed by atoms with Gasteiger partial charge in [-0.25, -0.2) is 0 Å². The third-order valence-electron chi connectivity index (χ3n) is 9.15. The summed E-state index contributed by atoms with van der Waals surface area (Å²) in [6, 6.07) is 6.36. The molecule has 1 unspecified atom stereocenters. The van der Waals surface area contributed by atoms with Crippen LogP contribution in [0.3, 0.4) is 0 Å². The Labute approximate surface area is 308 Å². The first kappa shape index (κ1) is 41.6. The summed E-state index contributed by atoms with van der Waals surface area (Å²) >= 11 is 12.5. The quantitative estimate of drug-likeness (QED) is 0.0873. The van der Waals surface area contributed by atoms with Crippen LogP contribution in [0.1, 0.15) is 54.4 Å². The van der Waals surface area contributed by atoms with Gasteiger partial charge in [0.1, 0.15) is 7.11 Å². The van der Waals surface area contributed by atoms with E-state index < -0.39 is 36.0 Å². The molecule has 2 aromatic rings. The molecule has 288 valence electrons. The number of likely N-dealkylation sites (tertiary alicyclic amines) is 1. The predicted octanol–water partition coefficient (Wildman–Crippen LogP) is 7.14. The minimum atomic E-state index is -4.98. The number of halogens is 8. The highest BCUT2D eigenvalue weighted by molar-refractivity contribution is 6.42. The normalized spacial score (nSPS) is 17.7. The smallest absolute Gasteiger partial charge is 0.416 e. The van der Waals surface area contributed by atoms with Crippen molar-refractivity contribution in [3.8, 4) is 0 Å². The summed E-state index contributed by atoms with van der Waals surface area (Å²) in [7, 11) is 1.32. The van der Waals surface area contributed by atoms with Crippen LogP contribution < -0.4 is 0 Å². The fourth-order valence-electron chi connectivity index (χ4n) is 6.34. The molecular formula is C35H42Cl2F6N4O5. The van der Waals surface area contributed by atoms with E-state index in [2.05, 4.69) is 15.0 Å². The molecule has 0 spiro atoms. The maximum absolute atomic E-state index is 13.4. The Hall–Kier alpha value is -3.11. The van der Waals surface area contributed by atoms with E-state index in [1.165, 1.54) is 7.11 Å². The average molecular weight is 784 g/mol. The van der Waals surface area contributed by atoms with Gasteiger partial charge in [0.2, 0.25) is 5.91 Å². The number of hydrogen-bond donors (Lipinski definition) is 0. The Morgan fingerprint density at radius 1 is 0.885 bits per heavy atom. The van der Waals surface area contributed by atoms with Gasteiger partial charge in [0, 0.05) is 45.2 Å². The Kier molecular flexibility index (Phi) is 15.0. The zero-order valence-electron chi connectivity index (χ0n) is 28.9. The van der Waals surface area contributed by atoms with Gasteiger partial charge in [0.15, 0.2) is 0 Å². The third-order valence-corrected chi connectivity index (χ3v) is 9.89. The molecule has 4 rings (SSSR count). The Morgan fingerprint density at radius 3 is 2.06 bits per heavy atom. The van der Waals surface area contributed by atoms with Gasteiger partial charge in [0.05, 0.1) is 59.2 Å². The van der Waals surface area contributed by atoms with Crippen LogP contribution in [-0.2, 0) is 42.9 Å². The molecule has 2 heterocycles. The topological polar surface area (TPSA) is 83.9 Å². The molecule has 2 aliphatic heterocycles. The number of piperazine rings is 1. The Morgan fingerprint density at radius 2 is 1.50 bits per heavy atom. The van der Waals surface area contributed by atoms with Crippen molar-refractivity contribution in [3.63, 3.8) is 0 Å². The van der Waals surface area contributed by atoms with Crippen molar-refractivity contribution in [2.75, 3.05) is 72.7 Å². The van der Waals surface area contributed by atoms with Crippen LogP contribution in [0, 0.1) is 5.92 Å². The van der Waals surface area contributed by atoms with E-state index >= 15 is 0 Å². The molecule has 1 atom stereocenters. The third kappa shape index (κ3) is 12.0. The van der Waals surface area contributed by atoms with Gasteiger partial charge in [-0.1, -0.05) is 34.4 Å². The number of alkyl halides is 6. The van der Waals surface area contributed by atoms with Crippen LogP contribution in [0.5, 0.6) is 0 Å². The first-order chi connectivity index (χ1) is 24.6. The second-order valence-electron chi connectivity index (χ2n) is 12.7. The molecule has 0 radical (unpaired) electrons. The molecule has 9 nitrogen and oxygen atoms in total. The van der Waals surface area contributed by atoms with Gasteiger partial charge in [0.25, 0.3) is 0 Å². The van der Waals surface area contributed by atoms with Crippen LogP contribution in [0.15, 0.2) is 41.6 Å². The molecule has 0 aromatic heterocycles. The molecule has 2 saturated heterocycles. The molecule has 2 aromatic carbocycles. The lowest BCUT2D eigenvalue weighted by Crippen LogP contribution is -2.51. The maximum Gasteiger partial charge on any atom is 0.416 e. The number of piperidine rings is 1. The zero-order chi connectivity index (χ0) is 38.1. The number of amides is 1. The lowest BCUT2D eigenvalue weighted by molar-refractivity contribution is -0.151. The van der Waals surface area contributed by atoms with Crippen LogP contribution in [0.25, 0.3) is 0 Å². The lowest BCUT2D eigenvalue weighted by atomic mass is 9.90.